The quantitative estimate of drug-likeness (QED) is 0.823. The minimum atomic E-state index is 0.0725. The Balaban J connectivity index is 2.42. The highest BCUT2D eigenvalue weighted by atomic mass is 35.5. The molecule has 1 rings (SSSR count). The first-order valence-corrected chi connectivity index (χ1v) is 6.05. The maximum atomic E-state index is 11.6. The van der Waals surface area contributed by atoms with Gasteiger partial charge < -0.3 is 5.32 Å². The summed E-state index contributed by atoms with van der Waals surface area (Å²) in [6.45, 7) is 4.23. The van der Waals surface area contributed by atoms with Crippen LogP contribution in [0.15, 0.2) is 24.3 Å². The van der Waals surface area contributed by atoms with E-state index >= 15 is 0 Å². The van der Waals surface area contributed by atoms with Crippen LogP contribution in [-0.4, -0.2) is 5.91 Å². The van der Waals surface area contributed by atoms with Crippen molar-refractivity contribution < 1.29 is 4.79 Å². The zero-order valence-electron chi connectivity index (χ0n) is 9.79. The van der Waals surface area contributed by atoms with E-state index in [1.807, 2.05) is 12.1 Å². The van der Waals surface area contributed by atoms with Gasteiger partial charge in [-0.1, -0.05) is 38.3 Å². The first-order chi connectivity index (χ1) is 7.61. The minimum Gasteiger partial charge on any atom is -0.326 e. The lowest BCUT2D eigenvalue weighted by atomic mass is 10.0. The smallest absolute Gasteiger partial charge is 0.224 e. The van der Waals surface area contributed by atoms with E-state index in [-0.39, 0.29) is 5.91 Å². The molecule has 0 aliphatic rings. The molecule has 0 saturated carbocycles. The number of rotatable bonds is 5. The summed E-state index contributed by atoms with van der Waals surface area (Å²) in [4.78, 5) is 11.6. The largest absolute Gasteiger partial charge is 0.326 e. The predicted octanol–water partition coefficient (Wildman–Crippen LogP) is 4.10. The fourth-order valence-electron chi connectivity index (χ4n) is 1.66. The molecule has 1 N–H and O–H groups in total. The Bertz CT molecular complexity index is 334. The third-order valence-corrected chi connectivity index (χ3v) is 2.70. The Kier molecular flexibility index (Phi) is 5.33. The van der Waals surface area contributed by atoms with E-state index in [0.717, 1.165) is 18.5 Å². The summed E-state index contributed by atoms with van der Waals surface area (Å²) in [6.07, 6.45) is 2.79. The SMILES string of the molecule is CCCC(C)CC(=O)Nc1ccc(Cl)cc1. The van der Waals surface area contributed by atoms with Crippen molar-refractivity contribution in [2.45, 2.75) is 33.1 Å². The molecule has 3 heteroatoms. The van der Waals surface area contributed by atoms with Crippen LogP contribution in [0.1, 0.15) is 33.1 Å². The van der Waals surface area contributed by atoms with Gasteiger partial charge in [0.05, 0.1) is 0 Å². The molecule has 0 spiro atoms. The standard InChI is InChI=1S/C13H18ClNO/c1-3-4-10(2)9-13(16)15-12-7-5-11(14)6-8-12/h5-8,10H,3-4,9H2,1-2H3,(H,15,16). The molecule has 0 heterocycles. The van der Waals surface area contributed by atoms with Crippen molar-refractivity contribution >= 4 is 23.2 Å². The van der Waals surface area contributed by atoms with E-state index in [1.165, 1.54) is 0 Å². The summed E-state index contributed by atoms with van der Waals surface area (Å²) in [7, 11) is 0. The Morgan fingerprint density at radius 1 is 1.38 bits per heavy atom. The fourth-order valence-corrected chi connectivity index (χ4v) is 1.78. The van der Waals surface area contributed by atoms with Gasteiger partial charge >= 0.3 is 0 Å². The van der Waals surface area contributed by atoms with Gasteiger partial charge in [0, 0.05) is 17.1 Å². The Hall–Kier alpha value is -1.02. The van der Waals surface area contributed by atoms with Gasteiger partial charge in [0.25, 0.3) is 0 Å². The van der Waals surface area contributed by atoms with Crippen LogP contribution in [0.3, 0.4) is 0 Å². The van der Waals surface area contributed by atoms with E-state index in [9.17, 15) is 4.79 Å². The van der Waals surface area contributed by atoms with Gasteiger partial charge in [-0.2, -0.15) is 0 Å². The van der Waals surface area contributed by atoms with Gasteiger partial charge in [-0.15, -0.1) is 0 Å². The van der Waals surface area contributed by atoms with Crippen LogP contribution in [-0.2, 0) is 4.79 Å². The maximum absolute atomic E-state index is 11.6. The molecule has 0 saturated heterocycles. The number of benzene rings is 1. The predicted molar refractivity (Wildman–Crippen MR) is 68.8 cm³/mol. The molecular formula is C13H18ClNO. The summed E-state index contributed by atoms with van der Waals surface area (Å²) in [5, 5.41) is 3.54. The second-order valence-electron chi connectivity index (χ2n) is 4.15. The van der Waals surface area contributed by atoms with Crippen molar-refractivity contribution in [1.29, 1.82) is 0 Å². The van der Waals surface area contributed by atoms with Crippen molar-refractivity contribution in [3.8, 4) is 0 Å². The molecule has 0 radical (unpaired) electrons. The zero-order chi connectivity index (χ0) is 12.0. The third kappa shape index (κ3) is 4.67. The number of anilines is 1. The van der Waals surface area contributed by atoms with Crippen LogP contribution in [0.4, 0.5) is 5.69 Å². The fraction of sp³-hybridized carbons (Fsp3) is 0.462. The average Bonchev–Trinajstić information content (AvgIpc) is 2.21. The van der Waals surface area contributed by atoms with Crippen LogP contribution in [0, 0.1) is 5.92 Å². The molecule has 0 fully saturated rings. The number of nitrogens with one attached hydrogen (secondary N) is 1. The highest BCUT2D eigenvalue weighted by Gasteiger charge is 2.08. The number of hydrogen-bond donors (Lipinski definition) is 1. The lowest BCUT2D eigenvalue weighted by Gasteiger charge is -2.10. The molecule has 0 aromatic heterocycles. The zero-order valence-corrected chi connectivity index (χ0v) is 10.6. The lowest BCUT2D eigenvalue weighted by molar-refractivity contribution is -0.117. The summed E-state index contributed by atoms with van der Waals surface area (Å²) >= 11 is 5.76. The maximum Gasteiger partial charge on any atom is 0.224 e. The second kappa shape index (κ2) is 6.54. The lowest BCUT2D eigenvalue weighted by Crippen LogP contribution is -2.14. The number of carbonyl (C=O) groups excluding carboxylic acids is 1. The van der Waals surface area contributed by atoms with E-state index in [2.05, 4.69) is 19.2 Å². The molecule has 88 valence electrons. The normalized spacial score (nSPS) is 12.2. The van der Waals surface area contributed by atoms with Crippen molar-refractivity contribution in [1.82, 2.24) is 0 Å². The minimum absolute atomic E-state index is 0.0725. The third-order valence-electron chi connectivity index (χ3n) is 2.44. The van der Waals surface area contributed by atoms with Crippen LogP contribution in [0.5, 0.6) is 0 Å². The van der Waals surface area contributed by atoms with E-state index in [4.69, 9.17) is 11.6 Å². The molecule has 2 nitrogen and oxygen atoms in total. The Morgan fingerprint density at radius 3 is 2.56 bits per heavy atom. The summed E-state index contributed by atoms with van der Waals surface area (Å²) in [6, 6.07) is 7.16. The molecule has 1 atom stereocenters. The topological polar surface area (TPSA) is 29.1 Å². The average molecular weight is 240 g/mol. The number of amides is 1. The van der Waals surface area contributed by atoms with Gasteiger partial charge in [-0.05, 0) is 30.2 Å². The molecule has 0 aliphatic carbocycles. The molecule has 0 bridgehead atoms. The van der Waals surface area contributed by atoms with Crippen molar-refractivity contribution in [2.75, 3.05) is 5.32 Å². The monoisotopic (exact) mass is 239 g/mol. The van der Waals surface area contributed by atoms with Crippen molar-refractivity contribution in [3.63, 3.8) is 0 Å². The van der Waals surface area contributed by atoms with E-state index in [0.29, 0.717) is 17.4 Å². The first kappa shape index (κ1) is 13.0. The number of carbonyl (C=O) groups is 1. The summed E-state index contributed by atoms with van der Waals surface area (Å²) in [5.41, 5.74) is 0.804. The number of hydrogen-bond acceptors (Lipinski definition) is 1. The van der Waals surface area contributed by atoms with Gasteiger partial charge in [0.2, 0.25) is 5.91 Å². The van der Waals surface area contributed by atoms with Gasteiger partial charge in [-0.3, -0.25) is 4.79 Å². The highest BCUT2D eigenvalue weighted by molar-refractivity contribution is 6.30. The number of halogens is 1. The molecule has 1 amide bonds. The Labute approximate surface area is 102 Å². The van der Waals surface area contributed by atoms with Gasteiger partial charge in [-0.25, -0.2) is 0 Å². The molecule has 0 aliphatic heterocycles. The van der Waals surface area contributed by atoms with Crippen LogP contribution in [0.2, 0.25) is 5.02 Å². The molecule has 16 heavy (non-hydrogen) atoms. The second-order valence-corrected chi connectivity index (χ2v) is 4.59. The van der Waals surface area contributed by atoms with Crippen molar-refractivity contribution in [3.05, 3.63) is 29.3 Å². The van der Waals surface area contributed by atoms with Gasteiger partial charge in [0.1, 0.15) is 0 Å². The van der Waals surface area contributed by atoms with Crippen LogP contribution < -0.4 is 5.32 Å². The van der Waals surface area contributed by atoms with Crippen LogP contribution >= 0.6 is 11.6 Å². The molecular weight excluding hydrogens is 222 g/mol. The first-order valence-electron chi connectivity index (χ1n) is 5.67. The summed E-state index contributed by atoms with van der Waals surface area (Å²) < 4.78 is 0. The summed E-state index contributed by atoms with van der Waals surface area (Å²) in [5.74, 6) is 0.514. The Morgan fingerprint density at radius 2 is 2.00 bits per heavy atom. The molecule has 1 aromatic carbocycles. The van der Waals surface area contributed by atoms with E-state index in [1.54, 1.807) is 12.1 Å². The van der Waals surface area contributed by atoms with Gasteiger partial charge in [0.15, 0.2) is 0 Å². The molecule has 1 aromatic rings. The highest BCUT2D eigenvalue weighted by Crippen LogP contribution is 2.15. The van der Waals surface area contributed by atoms with Crippen LogP contribution in [0.25, 0.3) is 0 Å². The van der Waals surface area contributed by atoms with E-state index < -0.39 is 0 Å². The van der Waals surface area contributed by atoms with Crippen molar-refractivity contribution in [2.24, 2.45) is 5.92 Å². The molecule has 1 unspecified atom stereocenters.